The molecule has 0 spiro atoms. The SMILES string of the molecule is O=C(Oc1ccc(OCOc2ccc(OCOCC3CO3)cc2F)c(C(F)(F)F)c1C(F)(F)F)c1ccc(OCOCC2CO2)cc1. The number of ether oxygens (including phenoxy) is 9. The lowest BCUT2D eigenvalue weighted by Gasteiger charge is -2.22. The molecule has 3 aromatic rings. The maximum atomic E-state index is 14.4. The smallest absolute Gasteiger partial charge is 0.420 e. The van der Waals surface area contributed by atoms with E-state index in [1.165, 1.54) is 18.2 Å². The minimum atomic E-state index is -5.65. The highest BCUT2D eigenvalue weighted by atomic mass is 19.4. The fourth-order valence-corrected chi connectivity index (χ4v) is 3.93. The van der Waals surface area contributed by atoms with E-state index in [0.717, 1.165) is 24.3 Å². The van der Waals surface area contributed by atoms with Crippen LogP contribution in [0.1, 0.15) is 21.5 Å². The highest BCUT2D eigenvalue weighted by Crippen LogP contribution is 2.49. The van der Waals surface area contributed by atoms with E-state index in [-0.39, 0.29) is 49.5 Å². The van der Waals surface area contributed by atoms with Crippen LogP contribution in [0.4, 0.5) is 30.7 Å². The van der Waals surface area contributed by atoms with E-state index in [4.69, 9.17) is 42.6 Å². The first kappa shape index (κ1) is 34.0. The first-order valence-corrected chi connectivity index (χ1v) is 13.7. The quantitative estimate of drug-likeness (QED) is 0.0447. The molecule has 0 radical (unpaired) electrons. The lowest BCUT2D eigenvalue weighted by molar-refractivity contribution is -0.164. The molecule has 17 heteroatoms. The largest absolute Gasteiger partial charge is 0.468 e. The lowest BCUT2D eigenvalue weighted by Crippen LogP contribution is -2.22. The number of esters is 1. The second-order valence-electron chi connectivity index (χ2n) is 9.90. The highest BCUT2D eigenvalue weighted by Gasteiger charge is 2.48. The number of carbonyl (C=O) groups excluding carboxylic acids is 1. The average molecular weight is 679 g/mol. The van der Waals surface area contributed by atoms with Crippen LogP contribution in [0.25, 0.3) is 0 Å². The van der Waals surface area contributed by atoms with Gasteiger partial charge in [-0.15, -0.1) is 0 Å². The van der Waals surface area contributed by atoms with Crippen molar-refractivity contribution < 1.29 is 78.2 Å². The Labute approximate surface area is 261 Å². The van der Waals surface area contributed by atoms with Crippen LogP contribution < -0.4 is 23.7 Å². The first-order valence-electron chi connectivity index (χ1n) is 13.7. The molecule has 2 aliphatic heterocycles. The molecular formula is C30H25F7O10. The Bertz CT molecular complexity index is 1520. The van der Waals surface area contributed by atoms with Gasteiger partial charge in [0.1, 0.15) is 46.3 Å². The molecule has 2 saturated heterocycles. The number of epoxide rings is 2. The van der Waals surface area contributed by atoms with E-state index >= 15 is 0 Å². The van der Waals surface area contributed by atoms with Crippen molar-refractivity contribution >= 4 is 5.97 Å². The van der Waals surface area contributed by atoms with Crippen LogP contribution in [0.2, 0.25) is 0 Å². The molecule has 3 aromatic carbocycles. The molecule has 0 N–H and O–H groups in total. The maximum Gasteiger partial charge on any atom is 0.420 e. The Morgan fingerprint density at radius 1 is 0.660 bits per heavy atom. The fourth-order valence-electron chi connectivity index (χ4n) is 3.93. The Kier molecular flexibility index (Phi) is 10.6. The van der Waals surface area contributed by atoms with Crippen LogP contribution >= 0.6 is 0 Å². The van der Waals surface area contributed by atoms with E-state index < -0.39 is 59.3 Å². The average Bonchev–Trinajstić information content (AvgIpc) is 3.94. The van der Waals surface area contributed by atoms with Gasteiger partial charge in [-0.2, -0.15) is 26.3 Å². The van der Waals surface area contributed by atoms with E-state index in [9.17, 15) is 35.5 Å². The van der Waals surface area contributed by atoms with E-state index in [1.807, 2.05) is 0 Å². The summed E-state index contributed by atoms with van der Waals surface area (Å²) in [7, 11) is 0. The van der Waals surface area contributed by atoms with Crippen molar-refractivity contribution in [3.05, 3.63) is 77.1 Å². The molecule has 0 aliphatic carbocycles. The fraction of sp³-hybridized carbons (Fsp3) is 0.367. The Morgan fingerprint density at radius 2 is 1.15 bits per heavy atom. The normalized spacial score (nSPS) is 17.2. The summed E-state index contributed by atoms with van der Waals surface area (Å²) < 4.78 is 144. The molecule has 5 rings (SSSR count). The molecule has 0 bridgehead atoms. The zero-order valence-corrected chi connectivity index (χ0v) is 24.0. The number of hydrogen-bond acceptors (Lipinski definition) is 10. The number of carbonyl (C=O) groups is 1. The van der Waals surface area contributed by atoms with Gasteiger partial charge in [0.25, 0.3) is 0 Å². The molecule has 10 nitrogen and oxygen atoms in total. The summed E-state index contributed by atoms with van der Waals surface area (Å²) in [6.45, 7) is 0.308. The van der Waals surface area contributed by atoms with Gasteiger partial charge in [-0.25, -0.2) is 9.18 Å². The van der Waals surface area contributed by atoms with Crippen molar-refractivity contribution in [1.82, 2.24) is 0 Å². The van der Waals surface area contributed by atoms with E-state index in [2.05, 4.69) is 0 Å². The first-order chi connectivity index (χ1) is 22.4. The van der Waals surface area contributed by atoms with Crippen molar-refractivity contribution in [2.45, 2.75) is 24.6 Å². The molecule has 2 heterocycles. The van der Waals surface area contributed by atoms with Crippen LogP contribution in [-0.4, -0.2) is 65.0 Å². The number of hydrogen-bond donors (Lipinski definition) is 0. The predicted octanol–water partition coefficient (Wildman–Crippen LogP) is 6.00. The molecule has 2 unspecified atom stereocenters. The van der Waals surface area contributed by atoms with Gasteiger partial charge in [0.05, 0.1) is 32.0 Å². The number of benzene rings is 3. The van der Waals surface area contributed by atoms with Gasteiger partial charge in [0.2, 0.25) is 6.79 Å². The minimum Gasteiger partial charge on any atom is -0.468 e. The van der Waals surface area contributed by atoms with Gasteiger partial charge in [-0.3, -0.25) is 0 Å². The van der Waals surface area contributed by atoms with Crippen LogP contribution in [0.3, 0.4) is 0 Å². The van der Waals surface area contributed by atoms with Crippen molar-refractivity contribution in [2.75, 3.05) is 46.8 Å². The van der Waals surface area contributed by atoms with Gasteiger partial charge in [-0.05, 0) is 48.5 Å². The molecule has 0 aromatic heterocycles. The molecule has 2 atom stereocenters. The number of rotatable bonds is 16. The van der Waals surface area contributed by atoms with Crippen molar-refractivity contribution in [2.24, 2.45) is 0 Å². The van der Waals surface area contributed by atoms with Gasteiger partial charge < -0.3 is 42.6 Å². The van der Waals surface area contributed by atoms with Gasteiger partial charge >= 0.3 is 18.3 Å². The number of halogens is 7. The van der Waals surface area contributed by atoms with Crippen molar-refractivity contribution in [1.29, 1.82) is 0 Å². The van der Waals surface area contributed by atoms with Crippen LogP contribution in [0.15, 0.2) is 54.6 Å². The summed E-state index contributed by atoms with van der Waals surface area (Å²) in [6, 6.07) is 9.13. The van der Waals surface area contributed by atoms with Gasteiger partial charge in [0.15, 0.2) is 25.2 Å². The topological polar surface area (TPSA) is 107 Å². The standard InChI is InChI=1S/C30H25F7O10/c31-22-9-19(44-15-40-11-21-13-42-21)5-6-23(22)45-16-46-24-7-8-25(27(30(35,36)37)26(24)29(32,33)34)47-28(38)17-1-3-18(4-2-17)43-14-39-10-20-12-41-20/h1-9,20-21H,10-16H2. The summed E-state index contributed by atoms with van der Waals surface area (Å²) in [5, 5.41) is 0. The molecule has 2 aliphatic rings. The molecule has 47 heavy (non-hydrogen) atoms. The summed E-state index contributed by atoms with van der Waals surface area (Å²) in [5.41, 5.74) is -4.87. The maximum absolute atomic E-state index is 14.4. The van der Waals surface area contributed by atoms with Crippen LogP contribution in [-0.2, 0) is 31.3 Å². The predicted molar refractivity (Wildman–Crippen MR) is 143 cm³/mol. The highest BCUT2D eigenvalue weighted by molar-refractivity contribution is 5.91. The van der Waals surface area contributed by atoms with Crippen molar-refractivity contribution in [3.8, 4) is 28.7 Å². The second-order valence-corrected chi connectivity index (χ2v) is 9.90. The molecule has 0 saturated carbocycles. The van der Waals surface area contributed by atoms with Gasteiger partial charge in [0, 0.05) is 6.07 Å². The molecule has 0 amide bonds. The molecular weight excluding hydrogens is 653 g/mol. The van der Waals surface area contributed by atoms with E-state index in [0.29, 0.717) is 32.0 Å². The molecule has 254 valence electrons. The Morgan fingerprint density at radius 3 is 1.70 bits per heavy atom. The summed E-state index contributed by atoms with van der Waals surface area (Å²) in [5.74, 6) is -5.31. The lowest BCUT2D eigenvalue weighted by atomic mass is 10.0. The third-order valence-electron chi connectivity index (χ3n) is 6.35. The summed E-state index contributed by atoms with van der Waals surface area (Å²) in [6.07, 6.45) is -11.3. The van der Waals surface area contributed by atoms with E-state index in [1.54, 1.807) is 0 Å². The second kappa shape index (κ2) is 14.6. The third kappa shape index (κ3) is 9.84. The molecule has 2 fully saturated rings. The Balaban J connectivity index is 1.24. The monoisotopic (exact) mass is 678 g/mol. The zero-order chi connectivity index (χ0) is 33.6. The number of alkyl halides is 6. The third-order valence-corrected chi connectivity index (χ3v) is 6.35. The summed E-state index contributed by atoms with van der Waals surface area (Å²) in [4.78, 5) is 12.6. The van der Waals surface area contributed by atoms with Crippen molar-refractivity contribution in [3.63, 3.8) is 0 Å². The zero-order valence-electron chi connectivity index (χ0n) is 24.0. The summed E-state index contributed by atoms with van der Waals surface area (Å²) >= 11 is 0. The van der Waals surface area contributed by atoms with Gasteiger partial charge in [-0.1, -0.05) is 0 Å². The minimum absolute atomic E-state index is 0.00882. The van der Waals surface area contributed by atoms with Crippen LogP contribution in [0, 0.1) is 5.82 Å². The van der Waals surface area contributed by atoms with Crippen LogP contribution in [0.5, 0.6) is 28.7 Å². The Hall–Kier alpha value is -4.32.